The lowest BCUT2D eigenvalue weighted by atomic mass is 10.2. The number of nitrogens with zero attached hydrogens (tertiary/aromatic N) is 2. The minimum atomic E-state index is -5.57. The second kappa shape index (κ2) is 6.60. The van der Waals surface area contributed by atoms with Crippen LogP contribution in [0.25, 0.3) is 0 Å². The summed E-state index contributed by atoms with van der Waals surface area (Å²) in [5, 5.41) is 11.9. The fourth-order valence-electron chi connectivity index (χ4n) is 2.02. The van der Waals surface area contributed by atoms with Gasteiger partial charge in [0.15, 0.2) is 4.87 Å². The van der Waals surface area contributed by atoms with Crippen molar-refractivity contribution in [3.05, 3.63) is 11.9 Å². The number of sulfone groups is 1. The summed E-state index contributed by atoms with van der Waals surface area (Å²) >= 11 is 0. The molecule has 0 amide bonds. The van der Waals surface area contributed by atoms with Gasteiger partial charge in [0.2, 0.25) is 0 Å². The van der Waals surface area contributed by atoms with Gasteiger partial charge in [0.1, 0.15) is 12.7 Å². The van der Waals surface area contributed by atoms with E-state index < -0.39 is 33.2 Å². The first-order valence-corrected chi connectivity index (χ1v) is 7.49. The van der Waals surface area contributed by atoms with Crippen molar-refractivity contribution in [2.75, 3.05) is 13.6 Å². The van der Waals surface area contributed by atoms with Gasteiger partial charge < -0.3 is 23.3 Å². The van der Waals surface area contributed by atoms with Crippen LogP contribution in [0.4, 0.5) is 13.2 Å². The van der Waals surface area contributed by atoms with Crippen LogP contribution in [-0.2, 0) is 9.84 Å². The van der Waals surface area contributed by atoms with E-state index in [4.69, 9.17) is 10.9 Å². The van der Waals surface area contributed by atoms with Crippen molar-refractivity contribution < 1.29 is 44.1 Å². The molecule has 7 nitrogen and oxygen atoms in total. The topological polar surface area (TPSA) is 100 Å². The molecule has 0 saturated heterocycles. The summed E-state index contributed by atoms with van der Waals surface area (Å²) in [6.45, 7) is 2.29. The van der Waals surface area contributed by atoms with Gasteiger partial charge in [-0.15, -0.1) is 0 Å². The third-order valence-corrected chi connectivity index (χ3v) is 5.65. The molecule has 12 heteroatoms. The van der Waals surface area contributed by atoms with E-state index in [1.807, 2.05) is 0 Å². The highest BCUT2D eigenvalue weighted by molar-refractivity contribution is 7.93. The number of guanidine groups is 1. The van der Waals surface area contributed by atoms with Crippen LogP contribution in [0.1, 0.15) is 20.3 Å². The number of hydrogen-bond acceptors (Lipinski definition) is 5. The summed E-state index contributed by atoms with van der Waals surface area (Å²) in [6.07, 6.45) is 1.01. The Balaban J connectivity index is 0.00000441. The number of oxime groups is 1. The molecule has 0 aromatic heterocycles. The molecule has 0 fully saturated rings. The third kappa shape index (κ3) is 3.31. The number of allylic oxidation sites excluding steroid dienone is 1. The molecule has 0 spiro atoms. The molecular formula is C10H18ClF3N4O3S. The maximum atomic E-state index is 12.7. The van der Waals surface area contributed by atoms with Crippen LogP contribution >= 0.6 is 0 Å². The predicted molar refractivity (Wildman–Crippen MR) is 68.8 cm³/mol. The maximum absolute atomic E-state index is 12.7. The van der Waals surface area contributed by atoms with E-state index in [1.54, 1.807) is 6.92 Å². The normalized spacial score (nSPS) is 24.0. The van der Waals surface area contributed by atoms with E-state index in [0.29, 0.717) is 5.70 Å². The minimum Gasteiger partial charge on any atom is -1.00 e. The number of alkyl halides is 3. The second-order valence-electron chi connectivity index (χ2n) is 4.84. The Kier molecular flexibility index (Phi) is 6.29. The number of nitrogens with two attached hydrogens (primary N) is 1. The first kappa shape index (κ1) is 21.0. The van der Waals surface area contributed by atoms with E-state index >= 15 is 0 Å². The summed E-state index contributed by atoms with van der Waals surface area (Å²) in [7, 11) is -4.03. The lowest BCUT2D eigenvalue weighted by Gasteiger charge is -2.29. The molecule has 4 N–H and O–H groups in total. The average molecular weight is 367 g/mol. The zero-order chi connectivity index (χ0) is 16.6. The van der Waals surface area contributed by atoms with Gasteiger partial charge in [-0.1, -0.05) is 6.92 Å². The smallest absolute Gasteiger partial charge is 0.499 e. The van der Waals surface area contributed by atoms with E-state index in [0.717, 1.165) is 0 Å². The molecule has 2 unspecified atom stereocenters. The first-order valence-electron chi connectivity index (χ1n) is 6.01. The Morgan fingerprint density at radius 2 is 1.95 bits per heavy atom. The molecule has 1 rings (SSSR count). The quantitative estimate of drug-likeness (QED) is 0.353. The van der Waals surface area contributed by atoms with E-state index in [2.05, 4.69) is 5.16 Å². The van der Waals surface area contributed by atoms with Gasteiger partial charge in [-0.3, -0.25) is 4.90 Å². The van der Waals surface area contributed by atoms with E-state index in [1.165, 1.54) is 25.1 Å². The predicted octanol–water partition coefficient (Wildman–Crippen LogP) is -3.57. The molecule has 22 heavy (non-hydrogen) atoms. The molecule has 0 radical (unpaired) electrons. The van der Waals surface area contributed by atoms with Gasteiger partial charge in [0.05, 0.1) is 5.70 Å². The molecule has 0 aromatic rings. The van der Waals surface area contributed by atoms with Crippen LogP contribution in [0.5, 0.6) is 0 Å². The largest absolute Gasteiger partial charge is 1.00 e. The number of quaternary nitrogens is 1. The fraction of sp³-hybridized carbons (Fsp3) is 0.700. The highest BCUT2D eigenvalue weighted by Gasteiger charge is 2.59. The monoisotopic (exact) mass is 366 g/mol. The van der Waals surface area contributed by atoms with Crippen molar-refractivity contribution in [2.45, 2.75) is 30.6 Å². The number of hydrogen-bond donors (Lipinski definition) is 3. The Morgan fingerprint density at radius 1 is 1.45 bits per heavy atom. The van der Waals surface area contributed by atoms with Crippen molar-refractivity contribution in [2.24, 2.45) is 10.9 Å². The molecule has 1 heterocycles. The molecule has 2 atom stereocenters. The number of nitrogens with one attached hydrogen (secondary N) is 1. The zero-order valence-corrected chi connectivity index (χ0v) is 13.7. The van der Waals surface area contributed by atoms with Crippen LogP contribution in [0.2, 0.25) is 0 Å². The highest BCUT2D eigenvalue weighted by atomic mass is 35.5. The lowest BCUT2D eigenvalue weighted by Crippen LogP contribution is -3.12. The van der Waals surface area contributed by atoms with E-state index in [9.17, 15) is 21.6 Å². The SMILES string of the molecule is CCC(N)(C[NH+]1C=C(C)N(C)C1=NO)S(=O)(=O)C(F)(F)F.[Cl-]. The van der Waals surface area contributed by atoms with Crippen molar-refractivity contribution >= 4 is 15.8 Å². The van der Waals surface area contributed by atoms with Crippen LogP contribution in [0, 0.1) is 0 Å². The summed E-state index contributed by atoms with van der Waals surface area (Å²) in [5.74, 6) is -0.0202. The standard InChI is InChI=1S/C10H17F3N4O3S.ClH/c1-4-9(14,21(19,20)10(11,12)13)6-17-5-7(2)16(3)8(17)15-18;/h5,18H,4,6,14H2,1-3H3;1H. The van der Waals surface area contributed by atoms with Crippen LogP contribution in [0.3, 0.4) is 0 Å². The Morgan fingerprint density at radius 3 is 2.32 bits per heavy atom. The van der Waals surface area contributed by atoms with Crippen LogP contribution in [0.15, 0.2) is 17.1 Å². The van der Waals surface area contributed by atoms with Crippen molar-refractivity contribution in [3.63, 3.8) is 0 Å². The average Bonchev–Trinajstić information content (AvgIpc) is 2.62. The lowest BCUT2D eigenvalue weighted by molar-refractivity contribution is -0.751. The molecule has 0 aromatic carbocycles. The minimum absolute atomic E-state index is 0. The Bertz CT molecular complexity index is 578. The molecule has 0 aliphatic carbocycles. The third-order valence-electron chi connectivity index (χ3n) is 3.54. The summed E-state index contributed by atoms with van der Waals surface area (Å²) in [6, 6.07) is 0. The van der Waals surface area contributed by atoms with Gasteiger partial charge >= 0.3 is 11.5 Å². The molecule has 1 aliphatic rings. The van der Waals surface area contributed by atoms with Gasteiger partial charge in [-0.2, -0.15) is 13.2 Å². The molecule has 1 aliphatic heterocycles. The highest BCUT2D eigenvalue weighted by Crippen LogP contribution is 2.32. The Labute approximate surface area is 132 Å². The van der Waals surface area contributed by atoms with E-state index in [-0.39, 0.29) is 23.3 Å². The zero-order valence-electron chi connectivity index (χ0n) is 12.1. The van der Waals surface area contributed by atoms with Crippen molar-refractivity contribution in [1.29, 1.82) is 0 Å². The summed E-state index contributed by atoms with van der Waals surface area (Å²) in [4.78, 5) is -0.959. The second-order valence-corrected chi connectivity index (χ2v) is 7.12. The maximum Gasteiger partial charge on any atom is 0.499 e. The molecule has 0 saturated carbocycles. The van der Waals surface area contributed by atoms with Crippen LogP contribution < -0.4 is 23.0 Å². The van der Waals surface area contributed by atoms with Crippen molar-refractivity contribution in [3.8, 4) is 0 Å². The summed E-state index contributed by atoms with van der Waals surface area (Å²) < 4.78 is 61.5. The van der Waals surface area contributed by atoms with Gasteiger partial charge in [0.25, 0.3) is 9.84 Å². The number of rotatable bonds is 4. The molecule has 130 valence electrons. The summed E-state index contributed by atoms with van der Waals surface area (Å²) in [5.41, 5.74) is 0.687. The van der Waals surface area contributed by atoms with Gasteiger partial charge in [-0.05, 0) is 18.5 Å². The number of halogens is 4. The first-order chi connectivity index (χ1) is 9.41. The van der Waals surface area contributed by atoms with Crippen LogP contribution in [-0.4, -0.2) is 48.5 Å². The van der Waals surface area contributed by atoms with Gasteiger partial charge in [0, 0.05) is 7.05 Å². The Hall–Kier alpha value is -1.04. The molecular weight excluding hydrogens is 349 g/mol. The van der Waals surface area contributed by atoms with Gasteiger partial charge in [-0.25, -0.2) is 13.3 Å². The molecule has 0 bridgehead atoms. The van der Waals surface area contributed by atoms with Crippen molar-refractivity contribution in [1.82, 2.24) is 4.90 Å². The fourth-order valence-corrected chi connectivity index (χ4v) is 3.21.